The maximum absolute atomic E-state index is 6.19. The lowest BCUT2D eigenvalue weighted by atomic mass is 9.91. The van der Waals surface area contributed by atoms with Crippen molar-refractivity contribution in [3.63, 3.8) is 0 Å². The first kappa shape index (κ1) is 14.5. The zero-order chi connectivity index (χ0) is 12.8. The summed E-state index contributed by atoms with van der Waals surface area (Å²) in [5, 5.41) is 0.787. The van der Waals surface area contributed by atoms with Crippen molar-refractivity contribution in [2.24, 2.45) is 17.6 Å². The van der Waals surface area contributed by atoms with Crippen LogP contribution in [0.15, 0.2) is 24.3 Å². The van der Waals surface area contributed by atoms with Gasteiger partial charge in [0.1, 0.15) is 0 Å². The molecule has 96 valence electrons. The van der Waals surface area contributed by atoms with Crippen LogP contribution in [0.5, 0.6) is 0 Å². The fourth-order valence-corrected chi connectivity index (χ4v) is 2.55. The van der Waals surface area contributed by atoms with Crippen molar-refractivity contribution in [1.29, 1.82) is 0 Å². The van der Waals surface area contributed by atoms with E-state index in [1.165, 1.54) is 12.0 Å². The van der Waals surface area contributed by atoms with Crippen molar-refractivity contribution < 1.29 is 0 Å². The molecule has 0 aliphatic carbocycles. The molecule has 0 bridgehead atoms. The van der Waals surface area contributed by atoms with Gasteiger partial charge in [-0.25, -0.2) is 0 Å². The summed E-state index contributed by atoms with van der Waals surface area (Å²) < 4.78 is 0. The lowest BCUT2D eigenvalue weighted by molar-refractivity contribution is 0.383. The lowest BCUT2D eigenvalue weighted by Crippen LogP contribution is -2.25. The molecule has 1 aromatic carbocycles. The van der Waals surface area contributed by atoms with E-state index in [1.807, 2.05) is 12.1 Å². The Balaban J connectivity index is 2.38. The number of hydrogen-bond acceptors (Lipinski definition) is 1. The number of halogens is 1. The molecule has 2 unspecified atom stereocenters. The highest BCUT2D eigenvalue weighted by molar-refractivity contribution is 6.30. The summed E-state index contributed by atoms with van der Waals surface area (Å²) in [5.41, 5.74) is 7.46. The van der Waals surface area contributed by atoms with Crippen LogP contribution < -0.4 is 5.73 Å². The summed E-state index contributed by atoms with van der Waals surface area (Å²) >= 11 is 5.86. The van der Waals surface area contributed by atoms with Gasteiger partial charge in [0.15, 0.2) is 0 Å². The van der Waals surface area contributed by atoms with E-state index >= 15 is 0 Å². The Kier molecular flexibility index (Phi) is 6.01. The first-order valence-electron chi connectivity index (χ1n) is 6.47. The predicted molar refractivity (Wildman–Crippen MR) is 76.4 cm³/mol. The van der Waals surface area contributed by atoms with Crippen LogP contribution in [0.1, 0.15) is 39.2 Å². The van der Waals surface area contributed by atoms with Crippen LogP contribution >= 0.6 is 11.6 Å². The van der Waals surface area contributed by atoms with E-state index in [2.05, 4.69) is 32.9 Å². The molecule has 0 spiro atoms. The molecule has 0 saturated carbocycles. The van der Waals surface area contributed by atoms with Crippen molar-refractivity contribution in [2.45, 2.75) is 46.1 Å². The van der Waals surface area contributed by atoms with E-state index in [0.29, 0.717) is 5.92 Å². The van der Waals surface area contributed by atoms with Gasteiger partial charge in [-0.15, -0.1) is 0 Å². The van der Waals surface area contributed by atoms with Crippen molar-refractivity contribution in [1.82, 2.24) is 0 Å². The Labute approximate surface area is 110 Å². The Bertz CT molecular complexity index is 318. The molecule has 2 atom stereocenters. The Morgan fingerprint density at radius 1 is 1.06 bits per heavy atom. The van der Waals surface area contributed by atoms with Gasteiger partial charge < -0.3 is 5.73 Å². The lowest BCUT2D eigenvalue weighted by Gasteiger charge is -2.19. The molecule has 1 nitrogen and oxygen atoms in total. The molecular weight excluding hydrogens is 230 g/mol. The molecule has 0 aliphatic rings. The smallest absolute Gasteiger partial charge is 0.0406 e. The van der Waals surface area contributed by atoms with Crippen LogP contribution in [-0.4, -0.2) is 6.04 Å². The minimum absolute atomic E-state index is 0.255. The minimum atomic E-state index is 0.255. The van der Waals surface area contributed by atoms with E-state index < -0.39 is 0 Å². The van der Waals surface area contributed by atoms with Gasteiger partial charge in [-0.3, -0.25) is 0 Å². The predicted octanol–water partition coefficient (Wildman–Crippen LogP) is 4.28. The number of benzene rings is 1. The molecule has 0 heterocycles. The van der Waals surface area contributed by atoms with Gasteiger partial charge >= 0.3 is 0 Å². The summed E-state index contributed by atoms with van der Waals surface area (Å²) in [6, 6.07) is 8.25. The second-order valence-corrected chi connectivity index (χ2v) is 6.00. The van der Waals surface area contributed by atoms with Crippen molar-refractivity contribution in [3.05, 3.63) is 34.9 Å². The molecule has 17 heavy (non-hydrogen) atoms. The molecule has 0 saturated heterocycles. The largest absolute Gasteiger partial charge is 0.327 e. The first-order valence-corrected chi connectivity index (χ1v) is 6.85. The second kappa shape index (κ2) is 7.03. The third-order valence-electron chi connectivity index (χ3n) is 2.99. The maximum Gasteiger partial charge on any atom is 0.0406 e. The molecule has 0 radical (unpaired) electrons. The summed E-state index contributed by atoms with van der Waals surface area (Å²) in [7, 11) is 0. The zero-order valence-electron chi connectivity index (χ0n) is 11.1. The number of nitrogens with two attached hydrogens (primary N) is 1. The summed E-state index contributed by atoms with van der Waals surface area (Å²) in [6.45, 7) is 6.82. The summed E-state index contributed by atoms with van der Waals surface area (Å²) in [5.74, 6) is 1.46. The number of hydrogen-bond donors (Lipinski definition) is 1. The van der Waals surface area contributed by atoms with Gasteiger partial charge in [-0.05, 0) is 48.8 Å². The quantitative estimate of drug-likeness (QED) is 0.805. The van der Waals surface area contributed by atoms with Gasteiger partial charge in [0.2, 0.25) is 0 Å². The fraction of sp³-hybridized carbons (Fsp3) is 0.600. The molecule has 1 rings (SSSR count). The average Bonchev–Trinajstić information content (AvgIpc) is 2.19. The van der Waals surface area contributed by atoms with E-state index in [9.17, 15) is 0 Å². The molecule has 0 aromatic heterocycles. The molecule has 2 N–H and O–H groups in total. The Morgan fingerprint density at radius 3 is 2.18 bits per heavy atom. The molecule has 0 amide bonds. The van der Waals surface area contributed by atoms with Crippen molar-refractivity contribution in [3.8, 4) is 0 Å². The Morgan fingerprint density at radius 2 is 1.65 bits per heavy atom. The zero-order valence-corrected chi connectivity index (χ0v) is 11.9. The van der Waals surface area contributed by atoms with Crippen LogP contribution in [0.2, 0.25) is 5.02 Å². The monoisotopic (exact) mass is 253 g/mol. The Hall–Kier alpha value is -0.530. The van der Waals surface area contributed by atoms with Crippen LogP contribution in [0, 0.1) is 11.8 Å². The van der Waals surface area contributed by atoms with E-state index in [-0.39, 0.29) is 6.04 Å². The van der Waals surface area contributed by atoms with Crippen molar-refractivity contribution in [2.75, 3.05) is 0 Å². The highest BCUT2D eigenvalue weighted by Crippen LogP contribution is 2.18. The maximum atomic E-state index is 6.19. The van der Waals surface area contributed by atoms with Gasteiger partial charge in [0.05, 0.1) is 0 Å². The van der Waals surface area contributed by atoms with Crippen LogP contribution in [0.3, 0.4) is 0 Å². The molecule has 2 heteroatoms. The normalized spacial score (nSPS) is 14.9. The minimum Gasteiger partial charge on any atom is -0.327 e. The fourth-order valence-electron chi connectivity index (χ4n) is 2.42. The third-order valence-corrected chi connectivity index (χ3v) is 3.24. The highest BCUT2D eigenvalue weighted by Gasteiger charge is 2.11. The topological polar surface area (TPSA) is 26.0 Å². The second-order valence-electron chi connectivity index (χ2n) is 5.56. The van der Waals surface area contributed by atoms with Crippen LogP contribution in [0.25, 0.3) is 0 Å². The van der Waals surface area contributed by atoms with Crippen LogP contribution in [0.4, 0.5) is 0 Å². The molecular formula is C15H24ClN. The standard InChI is InChI=1S/C15H24ClN/c1-11(2)8-12(3)9-15(17)10-13-4-6-14(16)7-5-13/h4-7,11-12,15H,8-10,17H2,1-3H3. The SMILES string of the molecule is CC(C)CC(C)CC(N)Cc1ccc(Cl)cc1. The molecule has 1 aromatic rings. The van der Waals surface area contributed by atoms with Gasteiger partial charge in [-0.2, -0.15) is 0 Å². The molecule has 0 aliphatic heterocycles. The highest BCUT2D eigenvalue weighted by atomic mass is 35.5. The van der Waals surface area contributed by atoms with E-state index in [1.54, 1.807) is 0 Å². The van der Waals surface area contributed by atoms with E-state index in [4.69, 9.17) is 17.3 Å². The average molecular weight is 254 g/mol. The molecule has 0 fully saturated rings. The summed E-state index contributed by atoms with van der Waals surface area (Å²) in [6.07, 6.45) is 3.30. The van der Waals surface area contributed by atoms with Crippen LogP contribution in [-0.2, 0) is 6.42 Å². The third kappa shape index (κ3) is 6.09. The van der Waals surface area contributed by atoms with Gasteiger partial charge in [-0.1, -0.05) is 44.5 Å². The summed E-state index contributed by atoms with van der Waals surface area (Å²) in [4.78, 5) is 0. The van der Waals surface area contributed by atoms with E-state index in [0.717, 1.165) is 23.8 Å². The van der Waals surface area contributed by atoms with Gasteiger partial charge in [0.25, 0.3) is 0 Å². The van der Waals surface area contributed by atoms with Gasteiger partial charge in [0, 0.05) is 11.1 Å². The first-order chi connectivity index (χ1) is 7.97. The van der Waals surface area contributed by atoms with Crippen molar-refractivity contribution >= 4 is 11.6 Å². The number of rotatable bonds is 6.